The molecular weight excluding hydrogens is 376 g/mol. The van der Waals surface area contributed by atoms with Crippen molar-refractivity contribution in [2.75, 3.05) is 0 Å². The number of benzene rings is 3. The van der Waals surface area contributed by atoms with E-state index in [4.69, 9.17) is 4.99 Å². The van der Waals surface area contributed by atoms with Gasteiger partial charge in [0, 0.05) is 11.9 Å². The third-order valence-electron chi connectivity index (χ3n) is 4.29. The highest BCUT2D eigenvalue weighted by Gasteiger charge is 2.06. The number of hydrogen-bond donors (Lipinski definition) is 0. The third-order valence-corrected chi connectivity index (χ3v) is 5.15. The number of hydrogen-bond acceptors (Lipinski definition) is 4. The summed E-state index contributed by atoms with van der Waals surface area (Å²) in [5.41, 5.74) is 4.82. The molecule has 29 heavy (non-hydrogen) atoms. The lowest BCUT2D eigenvalue weighted by molar-refractivity contribution is 0.800. The highest BCUT2D eigenvalue weighted by atomic mass is 32.1. The van der Waals surface area contributed by atoms with E-state index in [1.54, 1.807) is 11.3 Å². The molecule has 0 spiro atoms. The van der Waals surface area contributed by atoms with Crippen LogP contribution < -0.4 is 4.80 Å². The molecule has 4 rings (SSSR count). The van der Waals surface area contributed by atoms with E-state index in [1.165, 1.54) is 5.56 Å². The van der Waals surface area contributed by atoms with Crippen LogP contribution in [0, 0.1) is 0 Å². The second kappa shape index (κ2) is 9.08. The molecule has 0 unspecified atom stereocenters. The summed E-state index contributed by atoms with van der Waals surface area (Å²) in [5.74, 6) is 0. The summed E-state index contributed by atoms with van der Waals surface area (Å²) in [6.07, 6.45) is 1.89. The van der Waals surface area contributed by atoms with Crippen molar-refractivity contribution < 1.29 is 0 Å². The van der Waals surface area contributed by atoms with E-state index in [0.717, 1.165) is 27.6 Å². The summed E-state index contributed by atoms with van der Waals surface area (Å²) in [4.78, 5) is 5.76. The molecule has 0 saturated carbocycles. The largest absolute Gasteiger partial charge is 0.313 e. The number of azo groups is 1. The molecular formula is C24H20N4S. The Morgan fingerprint density at radius 3 is 2.00 bits per heavy atom. The highest BCUT2D eigenvalue weighted by Crippen LogP contribution is 2.23. The Bertz CT molecular complexity index is 1170. The van der Waals surface area contributed by atoms with Crippen LogP contribution in [0.1, 0.15) is 0 Å². The molecule has 142 valence electrons. The Labute approximate surface area is 173 Å². The smallest absolute Gasteiger partial charge is 0.190 e. The monoisotopic (exact) mass is 396 g/mol. The maximum absolute atomic E-state index is 4.83. The standard InChI is InChI=1S/C24H20N4S/c1-2-17-28-23(19-9-5-3-6-10-19)18-29-24(28)25-20-13-15-22(16-14-20)27-26-21-11-7-4-8-12-21/h2-16,18H,1,17H2. The first kappa shape index (κ1) is 18.8. The Hall–Kier alpha value is -3.57. The molecule has 0 aliphatic heterocycles. The first-order valence-corrected chi connectivity index (χ1v) is 10.2. The van der Waals surface area contributed by atoms with Gasteiger partial charge in [0.05, 0.1) is 22.8 Å². The first-order valence-electron chi connectivity index (χ1n) is 9.30. The lowest BCUT2D eigenvalue weighted by Crippen LogP contribution is -2.14. The number of thiazole rings is 1. The maximum atomic E-state index is 4.83. The Kier molecular flexibility index (Phi) is 5.88. The first-order chi connectivity index (χ1) is 14.3. The van der Waals surface area contributed by atoms with Gasteiger partial charge in [-0.25, -0.2) is 4.99 Å². The molecule has 4 nitrogen and oxygen atoms in total. The van der Waals surface area contributed by atoms with Crippen molar-refractivity contribution in [3.8, 4) is 11.3 Å². The van der Waals surface area contributed by atoms with Gasteiger partial charge in [-0.2, -0.15) is 10.2 Å². The third kappa shape index (κ3) is 4.65. The van der Waals surface area contributed by atoms with E-state index in [9.17, 15) is 0 Å². The molecule has 0 amide bonds. The SMILES string of the molecule is C=CCn1c(-c2ccccc2)csc1=Nc1ccc(N=Nc2ccccc2)cc1. The van der Waals surface area contributed by atoms with Gasteiger partial charge in [0.1, 0.15) is 0 Å². The van der Waals surface area contributed by atoms with Crippen LogP contribution in [0.5, 0.6) is 0 Å². The van der Waals surface area contributed by atoms with Gasteiger partial charge in [-0.1, -0.05) is 54.6 Å². The van der Waals surface area contributed by atoms with Crippen molar-refractivity contribution >= 4 is 28.4 Å². The van der Waals surface area contributed by atoms with Gasteiger partial charge in [-0.05, 0) is 42.0 Å². The van der Waals surface area contributed by atoms with Crippen molar-refractivity contribution in [3.05, 3.63) is 108 Å². The fourth-order valence-electron chi connectivity index (χ4n) is 2.88. The van der Waals surface area contributed by atoms with Crippen molar-refractivity contribution in [3.63, 3.8) is 0 Å². The minimum Gasteiger partial charge on any atom is -0.313 e. The molecule has 0 radical (unpaired) electrons. The van der Waals surface area contributed by atoms with Crippen LogP contribution in [0.2, 0.25) is 0 Å². The Morgan fingerprint density at radius 2 is 1.34 bits per heavy atom. The van der Waals surface area contributed by atoms with E-state index in [-0.39, 0.29) is 0 Å². The molecule has 0 N–H and O–H groups in total. The normalized spacial score (nSPS) is 11.8. The minimum absolute atomic E-state index is 0.704. The number of allylic oxidation sites excluding steroid dienone is 1. The van der Waals surface area contributed by atoms with Crippen molar-refractivity contribution in [2.24, 2.45) is 15.2 Å². The predicted octanol–water partition coefficient (Wildman–Crippen LogP) is 7.05. The van der Waals surface area contributed by atoms with E-state index >= 15 is 0 Å². The minimum atomic E-state index is 0.704. The fraction of sp³-hybridized carbons (Fsp3) is 0.0417. The lowest BCUT2D eigenvalue weighted by atomic mass is 10.2. The zero-order valence-electron chi connectivity index (χ0n) is 15.8. The topological polar surface area (TPSA) is 42.0 Å². The number of nitrogens with zero attached hydrogens (tertiary/aromatic N) is 4. The van der Waals surface area contributed by atoms with Gasteiger partial charge in [0.15, 0.2) is 4.80 Å². The molecule has 1 heterocycles. The Morgan fingerprint density at radius 1 is 0.759 bits per heavy atom. The molecule has 5 heteroatoms. The van der Waals surface area contributed by atoms with Gasteiger partial charge < -0.3 is 4.57 Å². The number of aromatic nitrogens is 1. The average Bonchev–Trinajstić information content (AvgIpc) is 3.17. The summed E-state index contributed by atoms with van der Waals surface area (Å²) in [5, 5.41) is 10.7. The summed E-state index contributed by atoms with van der Waals surface area (Å²) in [6.45, 7) is 4.60. The molecule has 0 aliphatic carbocycles. The second-order valence-electron chi connectivity index (χ2n) is 6.33. The van der Waals surface area contributed by atoms with Gasteiger partial charge in [-0.15, -0.1) is 17.9 Å². The molecule has 0 fully saturated rings. The summed E-state index contributed by atoms with van der Waals surface area (Å²) >= 11 is 1.62. The Balaban J connectivity index is 1.62. The molecule has 0 bridgehead atoms. The average molecular weight is 397 g/mol. The molecule has 4 aromatic rings. The van der Waals surface area contributed by atoms with Gasteiger partial charge >= 0.3 is 0 Å². The zero-order valence-corrected chi connectivity index (χ0v) is 16.7. The molecule has 1 aromatic heterocycles. The predicted molar refractivity (Wildman–Crippen MR) is 120 cm³/mol. The van der Waals surface area contributed by atoms with Crippen molar-refractivity contribution in [1.82, 2.24) is 4.57 Å². The van der Waals surface area contributed by atoms with Crippen LogP contribution in [0.15, 0.2) is 118 Å². The van der Waals surface area contributed by atoms with Crippen LogP contribution >= 0.6 is 11.3 Å². The highest BCUT2D eigenvalue weighted by molar-refractivity contribution is 7.07. The molecule has 0 atom stereocenters. The van der Waals surface area contributed by atoms with Crippen LogP contribution in [-0.2, 0) is 6.54 Å². The van der Waals surface area contributed by atoms with E-state index in [2.05, 4.69) is 38.9 Å². The summed E-state index contributed by atoms with van der Waals surface area (Å²) < 4.78 is 2.18. The quantitative estimate of drug-likeness (QED) is 0.247. The second-order valence-corrected chi connectivity index (χ2v) is 7.17. The van der Waals surface area contributed by atoms with E-state index < -0.39 is 0 Å². The van der Waals surface area contributed by atoms with Crippen molar-refractivity contribution in [2.45, 2.75) is 6.54 Å². The summed E-state index contributed by atoms with van der Waals surface area (Å²) in [6, 6.07) is 27.8. The molecule has 3 aromatic carbocycles. The molecule has 0 aliphatic rings. The molecule has 0 saturated heterocycles. The van der Waals surface area contributed by atoms with E-state index in [1.807, 2.05) is 78.9 Å². The van der Waals surface area contributed by atoms with Crippen LogP contribution in [-0.4, -0.2) is 4.57 Å². The van der Waals surface area contributed by atoms with Crippen LogP contribution in [0.25, 0.3) is 11.3 Å². The van der Waals surface area contributed by atoms with Crippen molar-refractivity contribution in [1.29, 1.82) is 0 Å². The van der Waals surface area contributed by atoms with E-state index in [0.29, 0.717) is 6.54 Å². The number of rotatable bonds is 6. The van der Waals surface area contributed by atoms with Gasteiger partial charge in [0.25, 0.3) is 0 Å². The lowest BCUT2D eigenvalue weighted by Gasteiger charge is -2.06. The van der Waals surface area contributed by atoms with Crippen LogP contribution in [0.3, 0.4) is 0 Å². The fourth-order valence-corrected chi connectivity index (χ4v) is 3.82. The van der Waals surface area contributed by atoms with Gasteiger partial charge in [-0.3, -0.25) is 0 Å². The maximum Gasteiger partial charge on any atom is 0.190 e. The van der Waals surface area contributed by atoms with Gasteiger partial charge in [0.2, 0.25) is 0 Å². The zero-order chi connectivity index (χ0) is 19.9. The van der Waals surface area contributed by atoms with Crippen LogP contribution in [0.4, 0.5) is 17.1 Å². The summed E-state index contributed by atoms with van der Waals surface area (Å²) in [7, 11) is 0.